The lowest BCUT2D eigenvalue weighted by molar-refractivity contribution is 0.0184. The van der Waals surface area contributed by atoms with Gasteiger partial charge in [0.2, 0.25) is 0 Å². The van der Waals surface area contributed by atoms with E-state index >= 15 is 0 Å². The van der Waals surface area contributed by atoms with E-state index in [1.807, 2.05) is 36.4 Å². The molecule has 6 heteroatoms. The summed E-state index contributed by atoms with van der Waals surface area (Å²) in [6, 6.07) is 16.3. The van der Waals surface area contributed by atoms with Gasteiger partial charge in [0.05, 0.1) is 0 Å². The van der Waals surface area contributed by atoms with Crippen molar-refractivity contribution in [3.05, 3.63) is 70.2 Å². The van der Waals surface area contributed by atoms with Gasteiger partial charge in [-0.25, -0.2) is 4.79 Å². The second kappa shape index (κ2) is 8.67. The second-order valence-corrected chi connectivity index (χ2v) is 5.93. The predicted molar refractivity (Wildman–Crippen MR) is 89.7 cm³/mol. The first-order valence-electron chi connectivity index (χ1n) is 7.12. The van der Waals surface area contributed by atoms with Crippen molar-refractivity contribution in [3.8, 4) is 0 Å². The first-order chi connectivity index (χ1) is 11.1. The molecule has 23 heavy (non-hydrogen) atoms. The Morgan fingerprint density at radius 2 is 1.87 bits per heavy atom. The van der Waals surface area contributed by atoms with Gasteiger partial charge in [0.1, 0.15) is 18.8 Å². The summed E-state index contributed by atoms with van der Waals surface area (Å²) in [5.41, 5.74) is 1.43. The monoisotopic (exact) mass is 379 g/mol. The summed E-state index contributed by atoms with van der Waals surface area (Å²) >= 11 is 3.30. The van der Waals surface area contributed by atoms with Crippen LogP contribution in [0.4, 0.5) is 4.79 Å². The molecule has 2 aromatic rings. The number of alkyl carbamates (subject to hydrolysis) is 1. The summed E-state index contributed by atoms with van der Waals surface area (Å²) in [5, 5.41) is 22.5. The fourth-order valence-corrected chi connectivity index (χ4v) is 2.40. The zero-order valence-corrected chi connectivity index (χ0v) is 13.9. The molecule has 0 heterocycles. The number of hydrogen-bond acceptors (Lipinski definition) is 4. The largest absolute Gasteiger partial charge is 0.445 e. The quantitative estimate of drug-likeness (QED) is 0.720. The van der Waals surface area contributed by atoms with E-state index in [0.29, 0.717) is 5.56 Å². The summed E-state index contributed by atoms with van der Waals surface area (Å²) < 4.78 is 5.84. The van der Waals surface area contributed by atoms with Crippen LogP contribution in [0.2, 0.25) is 0 Å². The van der Waals surface area contributed by atoms with Gasteiger partial charge in [0.25, 0.3) is 0 Å². The zero-order chi connectivity index (χ0) is 16.7. The van der Waals surface area contributed by atoms with Crippen LogP contribution in [-0.4, -0.2) is 29.0 Å². The number of halogens is 1. The van der Waals surface area contributed by atoms with Gasteiger partial charge in [-0.15, -0.1) is 0 Å². The highest BCUT2D eigenvalue weighted by molar-refractivity contribution is 9.10. The molecular formula is C17H18BrNO4. The van der Waals surface area contributed by atoms with Crippen LogP contribution in [-0.2, 0) is 11.3 Å². The van der Waals surface area contributed by atoms with Crippen molar-refractivity contribution >= 4 is 22.0 Å². The summed E-state index contributed by atoms with van der Waals surface area (Å²) in [6.07, 6.45) is -2.87. The van der Waals surface area contributed by atoms with Crippen LogP contribution in [0.25, 0.3) is 0 Å². The van der Waals surface area contributed by atoms with Crippen molar-refractivity contribution in [3.63, 3.8) is 0 Å². The molecule has 2 atom stereocenters. The number of benzene rings is 2. The fraction of sp³-hybridized carbons (Fsp3) is 0.235. The molecular weight excluding hydrogens is 362 g/mol. The topological polar surface area (TPSA) is 78.8 Å². The Morgan fingerprint density at radius 3 is 2.57 bits per heavy atom. The van der Waals surface area contributed by atoms with Gasteiger partial charge in [-0.1, -0.05) is 58.4 Å². The Bertz CT molecular complexity index is 636. The van der Waals surface area contributed by atoms with E-state index in [0.717, 1.165) is 10.0 Å². The molecule has 2 unspecified atom stereocenters. The normalized spacial score (nSPS) is 13.2. The Hall–Kier alpha value is -1.89. The van der Waals surface area contributed by atoms with E-state index < -0.39 is 18.3 Å². The minimum atomic E-state index is -1.13. The van der Waals surface area contributed by atoms with Crippen LogP contribution in [0.15, 0.2) is 59.1 Å². The highest BCUT2D eigenvalue weighted by Crippen LogP contribution is 2.20. The number of aliphatic hydroxyl groups is 2. The maximum atomic E-state index is 11.6. The molecule has 0 fully saturated rings. The number of rotatable bonds is 6. The van der Waals surface area contributed by atoms with Gasteiger partial charge in [-0.2, -0.15) is 0 Å². The summed E-state index contributed by atoms with van der Waals surface area (Å²) in [5.74, 6) is 0. The smallest absolute Gasteiger partial charge is 0.407 e. The standard InChI is InChI=1S/C17H18BrNO4/c18-14-8-4-7-13(9-14)16(21)15(20)10-19-17(22)23-11-12-5-2-1-3-6-12/h1-9,15-16,20-21H,10-11H2,(H,19,22). The molecule has 0 spiro atoms. The van der Waals surface area contributed by atoms with E-state index in [1.165, 1.54) is 0 Å². The number of carbonyl (C=O) groups excluding carboxylic acids is 1. The van der Waals surface area contributed by atoms with Crippen LogP contribution in [0.5, 0.6) is 0 Å². The minimum Gasteiger partial charge on any atom is -0.445 e. The van der Waals surface area contributed by atoms with Gasteiger partial charge in [-0.3, -0.25) is 0 Å². The minimum absolute atomic E-state index is 0.110. The third-order valence-corrected chi connectivity index (χ3v) is 3.72. The molecule has 0 saturated carbocycles. The third-order valence-electron chi connectivity index (χ3n) is 3.22. The van der Waals surface area contributed by atoms with Crippen molar-refractivity contribution in [1.82, 2.24) is 5.32 Å². The van der Waals surface area contributed by atoms with Crippen LogP contribution in [0, 0.1) is 0 Å². The lowest BCUT2D eigenvalue weighted by atomic mass is 10.0. The molecule has 0 bridgehead atoms. The molecule has 2 rings (SSSR count). The number of aliphatic hydroxyl groups excluding tert-OH is 2. The van der Waals surface area contributed by atoms with E-state index in [-0.39, 0.29) is 13.2 Å². The molecule has 0 aliphatic heterocycles. The van der Waals surface area contributed by atoms with E-state index in [2.05, 4.69) is 21.2 Å². The van der Waals surface area contributed by atoms with Crippen LogP contribution in [0.1, 0.15) is 17.2 Å². The van der Waals surface area contributed by atoms with E-state index in [1.54, 1.807) is 18.2 Å². The zero-order valence-electron chi connectivity index (χ0n) is 12.4. The van der Waals surface area contributed by atoms with Crippen molar-refractivity contribution in [2.75, 3.05) is 6.54 Å². The van der Waals surface area contributed by atoms with E-state index in [9.17, 15) is 15.0 Å². The number of ether oxygens (including phenoxy) is 1. The second-order valence-electron chi connectivity index (χ2n) is 5.01. The molecule has 0 aliphatic carbocycles. The molecule has 5 nitrogen and oxygen atoms in total. The molecule has 3 N–H and O–H groups in total. The van der Waals surface area contributed by atoms with Gasteiger partial charge >= 0.3 is 6.09 Å². The van der Waals surface area contributed by atoms with Gasteiger partial charge in [0.15, 0.2) is 0 Å². The summed E-state index contributed by atoms with van der Waals surface area (Å²) in [4.78, 5) is 11.6. The van der Waals surface area contributed by atoms with Crippen molar-refractivity contribution in [1.29, 1.82) is 0 Å². The fourth-order valence-electron chi connectivity index (χ4n) is 1.99. The SMILES string of the molecule is O=C(NCC(O)C(O)c1cccc(Br)c1)OCc1ccccc1. The van der Waals surface area contributed by atoms with E-state index in [4.69, 9.17) is 4.74 Å². The first kappa shape index (κ1) is 17.5. The maximum Gasteiger partial charge on any atom is 0.407 e. The Balaban J connectivity index is 1.77. The molecule has 0 saturated heterocycles. The maximum absolute atomic E-state index is 11.6. The van der Waals surface area contributed by atoms with Crippen LogP contribution < -0.4 is 5.32 Å². The van der Waals surface area contributed by atoms with Crippen molar-refractivity contribution in [2.45, 2.75) is 18.8 Å². The Labute approximate surface area is 143 Å². The van der Waals surface area contributed by atoms with Gasteiger partial charge in [-0.05, 0) is 23.3 Å². The number of hydrogen-bond donors (Lipinski definition) is 3. The molecule has 0 radical (unpaired) electrons. The highest BCUT2D eigenvalue weighted by atomic mass is 79.9. The summed E-state index contributed by atoms with van der Waals surface area (Å²) in [7, 11) is 0. The summed E-state index contributed by atoms with van der Waals surface area (Å²) in [6.45, 7) is 0.0399. The van der Waals surface area contributed by atoms with Crippen molar-refractivity contribution < 1.29 is 19.7 Å². The van der Waals surface area contributed by atoms with Crippen LogP contribution in [0.3, 0.4) is 0 Å². The average molecular weight is 380 g/mol. The molecule has 1 amide bonds. The van der Waals surface area contributed by atoms with Gasteiger partial charge < -0.3 is 20.3 Å². The number of carbonyl (C=O) groups is 1. The van der Waals surface area contributed by atoms with Crippen molar-refractivity contribution in [2.24, 2.45) is 0 Å². The molecule has 122 valence electrons. The van der Waals surface area contributed by atoms with Crippen LogP contribution >= 0.6 is 15.9 Å². The molecule has 0 aliphatic rings. The lowest BCUT2D eigenvalue weighted by Gasteiger charge is -2.18. The molecule has 2 aromatic carbocycles. The predicted octanol–water partition coefficient (Wildman–Crippen LogP) is 2.77. The first-order valence-corrected chi connectivity index (χ1v) is 7.91. The third kappa shape index (κ3) is 5.67. The Kier molecular flexibility index (Phi) is 6.58. The number of amides is 1. The number of nitrogens with one attached hydrogen (secondary N) is 1. The average Bonchev–Trinajstić information content (AvgIpc) is 2.58. The molecule has 0 aromatic heterocycles. The lowest BCUT2D eigenvalue weighted by Crippen LogP contribution is -2.35. The Morgan fingerprint density at radius 1 is 1.13 bits per heavy atom. The van der Waals surface area contributed by atoms with Gasteiger partial charge in [0, 0.05) is 11.0 Å². The highest BCUT2D eigenvalue weighted by Gasteiger charge is 2.19.